The van der Waals surface area contributed by atoms with E-state index in [1.54, 1.807) is 6.92 Å². The summed E-state index contributed by atoms with van der Waals surface area (Å²) in [6.07, 6.45) is 0. The molecule has 116 valence electrons. The van der Waals surface area contributed by atoms with Crippen LogP contribution in [0.4, 0.5) is 5.69 Å². The fraction of sp³-hybridized carbons (Fsp3) is 0.500. The van der Waals surface area contributed by atoms with Crippen LogP contribution in [0.1, 0.15) is 6.92 Å². The van der Waals surface area contributed by atoms with Crippen molar-refractivity contribution in [3.05, 3.63) is 28.3 Å². The van der Waals surface area contributed by atoms with Gasteiger partial charge in [-0.3, -0.25) is 10.1 Å². The average molecular weight is 315 g/mol. The van der Waals surface area contributed by atoms with Gasteiger partial charge < -0.3 is 10.1 Å². The van der Waals surface area contributed by atoms with Crippen molar-refractivity contribution in [1.29, 1.82) is 0 Å². The molecule has 0 aromatic heterocycles. The lowest BCUT2D eigenvalue weighted by Crippen LogP contribution is -2.52. The van der Waals surface area contributed by atoms with E-state index in [1.165, 1.54) is 23.5 Å². The van der Waals surface area contributed by atoms with Crippen molar-refractivity contribution >= 4 is 15.7 Å². The number of hydrogen-bond donors (Lipinski definition) is 1. The van der Waals surface area contributed by atoms with Crippen LogP contribution in [0, 0.1) is 10.1 Å². The zero-order valence-electron chi connectivity index (χ0n) is 11.8. The molecule has 1 heterocycles. The van der Waals surface area contributed by atoms with Crippen LogP contribution in [-0.2, 0) is 10.0 Å². The van der Waals surface area contributed by atoms with E-state index in [2.05, 4.69) is 5.32 Å². The zero-order valence-corrected chi connectivity index (χ0v) is 12.6. The first-order chi connectivity index (χ1) is 9.87. The standard InChI is InChI=1S/C12H17N3O5S/c1-9-8-13-5-6-14(9)21(18,19)10-3-4-12(20-2)11(7-10)15(16)17/h3-4,7,9,13H,5-6,8H2,1-2H3. The Bertz CT molecular complexity index is 646. The average Bonchev–Trinajstić information content (AvgIpc) is 2.46. The van der Waals surface area contributed by atoms with E-state index in [-0.39, 0.29) is 22.4 Å². The van der Waals surface area contributed by atoms with Gasteiger partial charge in [-0.25, -0.2) is 8.42 Å². The summed E-state index contributed by atoms with van der Waals surface area (Å²) in [6, 6.07) is 3.47. The number of nitrogens with one attached hydrogen (secondary N) is 1. The number of nitrogens with zero attached hydrogens (tertiary/aromatic N) is 2. The molecule has 1 aliphatic heterocycles. The molecular formula is C12H17N3O5S. The van der Waals surface area contributed by atoms with Crippen molar-refractivity contribution in [2.75, 3.05) is 26.7 Å². The highest BCUT2D eigenvalue weighted by Crippen LogP contribution is 2.31. The molecule has 1 aromatic rings. The second kappa shape index (κ2) is 5.96. The number of methoxy groups -OCH3 is 1. The summed E-state index contributed by atoms with van der Waals surface area (Å²) in [6.45, 7) is 3.24. The fourth-order valence-electron chi connectivity index (χ4n) is 2.29. The third-order valence-corrected chi connectivity index (χ3v) is 5.40. The van der Waals surface area contributed by atoms with Gasteiger partial charge in [0.2, 0.25) is 10.0 Å². The molecule has 0 aliphatic carbocycles. The first kappa shape index (κ1) is 15.7. The minimum Gasteiger partial charge on any atom is -0.490 e. The third kappa shape index (κ3) is 2.99. The molecule has 1 aliphatic rings. The number of nitro groups is 1. The third-order valence-electron chi connectivity index (χ3n) is 3.39. The molecular weight excluding hydrogens is 298 g/mol. The van der Waals surface area contributed by atoms with E-state index in [0.717, 1.165) is 6.07 Å². The molecule has 1 fully saturated rings. The number of sulfonamides is 1. The number of ether oxygens (including phenoxy) is 1. The summed E-state index contributed by atoms with van der Waals surface area (Å²) in [4.78, 5) is 10.3. The van der Waals surface area contributed by atoms with E-state index in [9.17, 15) is 18.5 Å². The van der Waals surface area contributed by atoms with Gasteiger partial charge in [0.15, 0.2) is 5.75 Å². The van der Waals surface area contributed by atoms with E-state index in [0.29, 0.717) is 19.6 Å². The van der Waals surface area contributed by atoms with Crippen LogP contribution >= 0.6 is 0 Å². The molecule has 0 amide bonds. The number of hydrogen-bond acceptors (Lipinski definition) is 6. The molecule has 21 heavy (non-hydrogen) atoms. The Balaban J connectivity index is 2.45. The Morgan fingerprint density at radius 2 is 2.19 bits per heavy atom. The minimum absolute atomic E-state index is 0.0345. The summed E-state index contributed by atoms with van der Waals surface area (Å²) in [7, 11) is -2.46. The largest absolute Gasteiger partial charge is 0.490 e. The second-order valence-corrected chi connectivity index (χ2v) is 6.65. The predicted octanol–water partition coefficient (Wildman–Crippen LogP) is 0.586. The van der Waals surface area contributed by atoms with Crippen molar-refractivity contribution < 1.29 is 18.1 Å². The van der Waals surface area contributed by atoms with Gasteiger partial charge in [0, 0.05) is 31.7 Å². The molecule has 0 radical (unpaired) electrons. The quantitative estimate of drug-likeness (QED) is 0.644. The van der Waals surface area contributed by atoms with Crippen LogP contribution < -0.4 is 10.1 Å². The summed E-state index contributed by atoms with van der Waals surface area (Å²) >= 11 is 0. The van der Waals surface area contributed by atoms with E-state index in [1.807, 2.05) is 0 Å². The van der Waals surface area contributed by atoms with Crippen molar-refractivity contribution in [2.45, 2.75) is 17.9 Å². The molecule has 0 saturated carbocycles. The summed E-state index contributed by atoms with van der Waals surface area (Å²) in [5.74, 6) is 0.0345. The number of nitro benzene ring substituents is 1. The molecule has 1 unspecified atom stereocenters. The maximum absolute atomic E-state index is 12.6. The smallest absolute Gasteiger partial charge is 0.312 e. The van der Waals surface area contributed by atoms with Crippen LogP contribution in [0.2, 0.25) is 0 Å². The van der Waals surface area contributed by atoms with Crippen molar-refractivity contribution in [1.82, 2.24) is 9.62 Å². The maximum atomic E-state index is 12.6. The highest BCUT2D eigenvalue weighted by atomic mass is 32.2. The van der Waals surface area contributed by atoms with Crippen molar-refractivity contribution in [2.24, 2.45) is 0 Å². The van der Waals surface area contributed by atoms with E-state index >= 15 is 0 Å². The first-order valence-electron chi connectivity index (χ1n) is 6.43. The lowest BCUT2D eigenvalue weighted by atomic mass is 10.3. The fourth-order valence-corrected chi connectivity index (χ4v) is 3.94. The molecule has 8 nitrogen and oxygen atoms in total. The van der Waals surface area contributed by atoms with Crippen LogP contribution in [0.5, 0.6) is 5.75 Å². The van der Waals surface area contributed by atoms with Crippen LogP contribution in [0.25, 0.3) is 0 Å². The summed E-state index contributed by atoms with van der Waals surface area (Å²) in [5, 5.41) is 14.1. The highest BCUT2D eigenvalue weighted by molar-refractivity contribution is 7.89. The second-order valence-electron chi connectivity index (χ2n) is 4.76. The summed E-state index contributed by atoms with van der Waals surface area (Å²) < 4.78 is 31.5. The van der Waals surface area contributed by atoms with Gasteiger partial charge in [0.25, 0.3) is 0 Å². The molecule has 9 heteroatoms. The lowest BCUT2D eigenvalue weighted by molar-refractivity contribution is -0.386. The Morgan fingerprint density at radius 1 is 1.48 bits per heavy atom. The molecule has 2 rings (SSSR count). The first-order valence-corrected chi connectivity index (χ1v) is 7.87. The van der Waals surface area contributed by atoms with Gasteiger partial charge in [-0.2, -0.15) is 4.31 Å². The van der Waals surface area contributed by atoms with Gasteiger partial charge in [0.1, 0.15) is 0 Å². The molecule has 1 atom stereocenters. The minimum atomic E-state index is -3.76. The summed E-state index contributed by atoms with van der Waals surface area (Å²) in [5.41, 5.74) is -0.360. The Hall–Kier alpha value is -1.71. The van der Waals surface area contributed by atoms with Gasteiger partial charge in [0.05, 0.1) is 16.9 Å². The van der Waals surface area contributed by atoms with Crippen LogP contribution in [0.3, 0.4) is 0 Å². The van der Waals surface area contributed by atoms with Gasteiger partial charge in [-0.05, 0) is 19.1 Å². The maximum Gasteiger partial charge on any atom is 0.312 e. The predicted molar refractivity (Wildman–Crippen MR) is 75.9 cm³/mol. The van der Waals surface area contributed by atoms with Gasteiger partial charge in [-0.1, -0.05) is 0 Å². The normalized spacial score (nSPS) is 20.2. The van der Waals surface area contributed by atoms with Crippen LogP contribution in [-0.4, -0.2) is 50.4 Å². The number of benzene rings is 1. The van der Waals surface area contributed by atoms with Crippen LogP contribution in [0.15, 0.2) is 23.1 Å². The van der Waals surface area contributed by atoms with E-state index < -0.39 is 14.9 Å². The molecule has 0 spiro atoms. The SMILES string of the molecule is COc1ccc(S(=O)(=O)N2CCNCC2C)cc1[N+](=O)[O-]. The highest BCUT2D eigenvalue weighted by Gasteiger charge is 2.32. The van der Waals surface area contributed by atoms with Crippen molar-refractivity contribution in [3.8, 4) is 5.75 Å². The Morgan fingerprint density at radius 3 is 2.76 bits per heavy atom. The zero-order chi connectivity index (χ0) is 15.6. The number of piperazine rings is 1. The van der Waals surface area contributed by atoms with Crippen molar-refractivity contribution in [3.63, 3.8) is 0 Å². The van der Waals surface area contributed by atoms with Gasteiger partial charge >= 0.3 is 5.69 Å². The monoisotopic (exact) mass is 315 g/mol. The topological polar surface area (TPSA) is 102 Å². The molecule has 0 bridgehead atoms. The Kier molecular flexibility index (Phi) is 4.45. The Labute approximate surface area is 122 Å². The molecule has 1 saturated heterocycles. The van der Waals surface area contributed by atoms with Gasteiger partial charge in [-0.15, -0.1) is 0 Å². The lowest BCUT2D eigenvalue weighted by Gasteiger charge is -2.32. The number of rotatable bonds is 4. The van der Waals surface area contributed by atoms with E-state index in [4.69, 9.17) is 4.74 Å². The molecule has 1 N–H and O–H groups in total. The molecule has 1 aromatic carbocycles.